The predicted molar refractivity (Wildman–Crippen MR) is 93.2 cm³/mol. The molecular formula is C17H26ClFN2O3. The Balaban J connectivity index is 0.00000288. The normalized spacial score (nSPS) is 16.5. The molecule has 0 aromatic heterocycles. The standard InChI is InChI=1S/C17H25FN2O3.ClH/c1-11(2)16(19)17(21)20-8-6-13(7-9-20)23-14-5-4-12(18)10-15(14)22-3;/h4-5,10-11,13,16H,6-9,19H2,1-3H3;1H/t16-;/m0./s1. The third kappa shape index (κ3) is 4.98. The van der Waals surface area contributed by atoms with Crippen LogP contribution >= 0.6 is 12.4 Å². The monoisotopic (exact) mass is 360 g/mol. The van der Waals surface area contributed by atoms with Gasteiger partial charge in [0.05, 0.1) is 13.2 Å². The fourth-order valence-electron chi connectivity index (χ4n) is 2.61. The topological polar surface area (TPSA) is 64.8 Å². The molecule has 1 fully saturated rings. The lowest BCUT2D eigenvalue weighted by molar-refractivity contribution is -0.135. The first-order chi connectivity index (χ1) is 10.9. The van der Waals surface area contributed by atoms with Crippen molar-refractivity contribution in [1.82, 2.24) is 4.90 Å². The summed E-state index contributed by atoms with van der Waals surface area (Å²) in [4.78, 5) is 14.0. The molecule has 5 nitrogen and oxygen atoms in total. The van der Waals surface area contributed by atoms with Gasteiger partial charge < -0.3 is 20.1 Å². The van der Waals surface area contributed by atoms with Crippen LogP contribution in [0.3, 0.4) is 0 Å². The molecule has 0 aliphatic carbocycles. The first-order valence-electron chi connectivity index (χ1n) is 7.97. The summed E-state index contributed by atoms with van der Waals surface area (Å²) in [6.45, 7) is 5.12. The zero-order chi connectivity index (χ0) is 17.0. The lowest BCUT2D eigenvalue weighted by atomic mass is 10.0. The summed E-state index contributed by atoms with van der Waals surface area (Å²) < 4.78 is 24.2. The van der Waals surface area contributed by atoms with Crippen molar-refractivity contribution in [3.05, 3.63) is 24.0 Å². The van der Waals surface area contributed by atoms with E-state index in [2.05, 4.69) is 0 Å². The molecule has 1 amide bonds. The van der Waals surface area contributed by atoms with E-state index in [9.17, 15) is 9.18 Å². The number of amides is 1. The van der Waals surface area contributed by atoms with Crippen LogP contribution in [0.1, 0.15) is 26.7 Å². The molecule has 24 heavy (non-hydrogen) atoms. The maximum Gasteiger partial charge on any atom is 0.239 e. The molecule has 136 valence electrons. The van der Waals surface area contributed by atoms with Crippen molar-refractivity contribution in [2.24, 2.45) is 11.7 Å². The highest BCUT2D eigenvalue weighted by Gasteiger charge is 2.28. The molecule has 1 aromatic rings. The number of carbonyl (C=O) groups excluding carboxylic acids is 1. The van der Waals surface area contributed by atoms with E-state index in [4.69, 9.17) is 15.2 Å². The van der Waals surface area contributed by atoms with Gasteiger partial charge in [-0.15, -0.1) is 12.4 Å². The van der Waals surface area contributed by atoms with Crippen molar-refractivity contribution in [3.8, 4) is 11.5 Å². The quantitative estimate of drug-likeness (QED) is 0.876. The molecule has 0 spiro atoms. The smallest absolute Gasteiger partial charge is 0.239 e. The van der Waals surface area contributed by atoms with Crippen LogP contribution in [0.2, 0.25) is 0 Å². The van der Waals surface area contributed by atoms with Gasteiger partial charge in [0.25, 0.3) is 0 Å². The summed E-state index contributed by atoms with van der Waals surface area (Å²) >= 11 is 0. The van der Waals surface area contributed by atoms with Gasteiger partial charge in [-0.25, -0.2) is 4.39 Å². The van der Waals surface area contributed by atoms with Crippen LogP contribution in [0.25, 0.3) is 0 Å². The first-order valence-corrected chi connectivity index (χ1v) is 7.97. The van der Waals surface area contributed by atoms with Crippen molar-refractivity contribution >= 4 is 18.3 Å². The van der Waals surface area contributed by atoms with Crippen molar-refractivity contribution in [2.45, 2.75) is 38.8 Å². The van der Waals surface area contributed by atoms with Gasteiger partial charge in [-0.1, -0.05) is 13.8 Å². The number of likely N-dealkylation sites (tertiary alicyclic amines) is 1. The molecule has 1 aromatic carbocycles. The number of ether oxygens (including phenoxy) is 2. The maximum absolute atomic E-state index is 13.2. The number of hydrogen-bond donors (Lipinski definition) is 1. The molecule has 0 radical (unpaired) electrons. The minimum atomic E-state index is -0.454. The molecule has 2 N–H and O–H groups in total. The number of nitrogens with zero attached hydrogens (tertiary/aromatic N) is 1. The Morgan fingerprint density at radius 3 is 2.46 bits per heavy atom. The lowest BCUT2D eigenvalue weighted by Gasteiger charge is -2.34. The summed E-state index contributed by atoms with van der Waals surface area (Å²) in [7, 11) is 1.48. The summed E-state index contributed by atoms with van der Waals surface area (Å²) in [6.07, 6.45) is 1.42. The fourth-order valence-corrected chi connectivity index (χ4v) is 2.61. The number of benzene rings is 1. The Hall–Kier alpha value is -1.53. The molecule has 1 heterocycles. The van der Waals surface area contributed by atoms with Gasteiger partial charge in [-0.3, -0.25) is 4.79 Å². The van der Waals surface area contributed by atoms with Crippen LogP contribution in [-0.4, -0.2) is 43.2 Å². The van der Waals surface area contributed by atoms with Gasteiger partial charge in [-0.05, 0) is 18.1 Å². The van der Waals surface area contributed by atoms with Crippen LogP contribution in [0, 0.1) is 11.7 Å². The average Bonchev–Trinajstić information content (AvgIpc) is 2.55. The molecular weight excluding hydrogens is 335 g/mol. The summed E-state index contributed by atoms with van der Waals surface area (Å²) in [5.41, 5.74) is 5.93. The third-order valence-corrected chi connectivity index (χ3v) is 4.18. The lowest BCUT2D eigenvalue weighted by Crippen LogP contribution is -2.50. The van der Waals surface area contributed by atoms with Gasteiger partial charge in [-0.2, -0.15) is 0 Å². The van der Waals surface area contributed by atoms with Crippen molar-refractivity contribution in [3.63, 3.8) is 0 Å². The Bertz CT molecular complexity index is 549. The van der Waals surface area contributed by atoms with Gasteiger partial charge in [0, 0.05) is 32.0 Å². The highest BCUT2D eigenvalue weighted by atomic mass is 35.5. The maximum atomic E-state index is 13.2. The molecule has 1 aliphatic heterocycles. The molecule has 2 rings (SSSR count). The average molecular weight is 361 g/mol. The number of methoxy groups -OCH3 is 1. The van der Waals surface area contributed by atoms with Crippen LogP contribution in [-0.2, 0) is 4.79 Å². The number of carbonyl (C=O) groups is 1. The second-order valence-corrected chi connectivity index (χ2v) is 6.21. The zero-order valence-electron chi connectivity index (χ0n) is 14.3. The van der Waals surface area contributed by atoms with E-state index in [1.165, 1.54) is 19.2 Å². The van der Waals surface area contributed by atoms with Crippen molar-refractivity contribution < 1.29 is 18.7 Å². The zero-order valence-corrected chi connectivity index (χ0v) is 15.1. The highest BCUT2D eigenvalue weighted by molar-refractivity contribution is 5.85. The molecule has 0 bridgehead atoms. The Morgan fingerprint density at radius 2 is 1.92 bits per heavy atom. The van der Waals surface area contributed by atoms with E-state index in [0.717, 1.165) is 12.8 Å². The molecule has 0 unspecified atom stereocenters. The van der Waals surface area contributed by atoms with Gasteiger partial charge in [0.2, 0.25) is 5.91 Å². The highest BCUT2D eigenvalue weighted by Crippen LogP contribution is 2.30. The Labute approximate surface area is 148 Å². The van der Waals surface area contributed by atoms with Crippen LogP contribution in [0.5, 0.6) is 11.5 Å². The molecule has 1 atom stereocenters. The van der Waals surface area contributed by atoms with Crippen molar-refractivity contribution in [2.75, 3.05) is 20.2 Å². The number of hydrogen-bond acceptors (Lipinski definition) is 4. The summed E-state index contributed by atoms with van der Waals surface area (Å²) in [5.74, 6) is 0.665. The second kappa shape index (κ2) is 9.08. The van der Waals surface area contributed by atoms with Crippen LogP contribution in [0.4, 0.5) is 4.39 Å². The minimum absolute atomic E-state index is 0. The van der Waals surface area contributed by atoms with Crippen molar-refractivity contribution in [1.29, 1.82) is 0 Å². The largest absolute Gasteiger partial charge is 0.493 e. The SMILES string of the molecule is COc1cc(F)ccc1OC1CCN(C(=O)[C@@H](N)C(C)C)CC1.Cl. The number of nitrogens with two attached hydrogens (primary N) is 1. The Kier molecular flexibility index (Phi) is 7.76. The first kappa shape index (κ1) is 20.5. The third-order valence-electron chi connectivity index (χ3n) is 4.18. The van der Waals surface area contributed by atoms with E-state index < -0.39 is 6.04 Å². The molecule has 7 heteroatoms. The summed E-state index contributed by atoms with van der Waals surface area (Å²) in [5, 5.41) is 0. The van der Waals surface area contributed by atoms with Gasteiger partial charge in [0.1, 0.15) is 11.9 Å². The fraction of sp³-hybridized carbons (Fsp3) is 0.588. The van der Waals surface area contributed by atoms with Crippen LogP contribution < -0.4 is 15.2 Å². The number of rotatable bonds is 5. The Morgan fingerprint density at radius 1 is 1.29 bits per heavy atom. The van der Waals surface area contributed by atoms with E-state index >= 15 is 0 Å². The van der Waals surface area contributed by atoms with Gasteiger partial charge in [0.15, 0.2) is 11.5 Å². The molecule has 1 aliphatic rings. The van der Waals surface area contributed by atoms with E-state index in [1.54, 1.807) is 11.0 Å². The minimum Gasteiger partial charge on any atom is -0.493 e. The molecule has 0 saturated carbocycles. The van der Waals surface area contributed by atoms with Gasteiger partial charge >= 0.3 is 0 Å². The van der Waals surface area contributed by atoms with E-state index in [1.807, 2.05) is 13.8 Å². The molecule has 1 saturated heterocycles. The van der Waals surface area contributed by atoms with Crippen LogP contribution in [0.15, 0.2) is 18.2 Å². The summed E-state index contributed by atoms with van der Waals surface area (Å²) in [6, 6.07) is 3.76. The number of piperidine rings is 1. The number of halogens is 2. The van der Waals surface area contributed by atoms with E-state index in [-0.39, 0.29) is 36.2 Å². The van der Waals surface area contributed by atoms with E-state index in [0.29, 0.717) is 24.6 Å². The predicted octanol–water partition coefficient (Wildman–Crippen LogP) is 2.61. The second-order valence-electron chi connectivity index (χ2n) is 6.21.